The van der Waals surface area contributed by atoms with Crippen LogP contribution in [0.2, 0.25) is 0 Å². The van der Waals surface area contributed by atoms with Crippen LogP contribution in [-0.2, 0) is 14.3 Å². The van der Waals surface area contributed by atoms with Gasteiger partial charge < -0.3 is 20.3 Å². The van der Waals surface area contributed by atoms with E-state index in [0.717, 1.165) is 64.2 Å². The molecule has 0 aromatic carbocycles. The van der Waals surface area contributed by atoms with Crippen LogP contribution in [0.1, 0.15) is 284 Å². The van der Waals surface area contributed by atoms with Crippen LogP contribution in [0.25, 0.3) is 0 Å². The number of allylic oxidation sites excluding steroid dienone is 4. The largest absolute Gasteiger partial charge is 0.462 e. The lowest BCUT2D eigenvalue weighted by atomic mass is 10.0. The highest BCUT2D eigenvalue weighted by Gasteiger charge is 2.24. The Kier molecular flexibility index (Phi) is 47.0. The molecule has 0 heterocycles. The van der Waals surface area contributed by atoms with Gasteiger partial charge in [0.1, 0.15) is 6.10 Å². The van der Waals surface area contributed by atoms with E-state index in [0.29, 0.717) is 19.3 Å². The molecule has 6 heteroatoms. The van der Waals surface area contributed by atoms with E-state index in [9.17, 15) is 19.8 Å². The molecular weight excluding hydrogens is 743 g/mol. The van der Waals surface area contributed by atoms with Gasteiger partial charge in [-0.1, -0.05) is 218 Å². The second-order valence-corrected chi connectivity index (χ2v) is 18.3. The van der Waals surface area contributed by atoms with Crippen LogP contribution in [0.4, 0.5) is 0 Å². The van der Waals surface area contributed by atoms with Crippen LogP contribution in [0.3, 0.4) is 0 Å². The second-order valence-electron chi connectivity index (χ2n) is 18.3. The molecule has 0 aliphatic rings. The number of unbranched alkanes of at least 4 members (excludes halogenated alkanes) is 32. The molecule has 0 aliphatic heterocycles. The third-order valence-electron chi connectivity index (χ3n) is 12.3. The minimum Gasteiger partial charge on any atom is -0.462 e. The molecular formula is C54H103NO5. The molecule has 3 N–H and O–H groups in total. The second kappa shape index (κ2) is 48.4. The van der Waals surface area contributed by atoms with Crippen molar-refractivity contribution in [1.29, 1.82) is 0 Å². The summed E-state index contributed by atoms with van der Waals surface area (Å²) in [6, 6.07) is -0.703. The van der Waals surface area contributed by atoms with Gasteiger partial charge in [0.25, 0.3) is 0 Å². The zero-order valence-electron chi connectivity index (χ0n) is 40.4. The van der Waals surface area contributed by atoms with Gasteiger partial charge in [-0.2, -0.15) is 0 Å². The van der Waals surface area contributed by atoms with Gasteiger partial charge in [-0.25, -0.2) is 0 Å². The van der Waals surface area contributed by atoms with E-state index in [-0.39, 0.29) is 24.9 Å². The number of hydrogen-bond acceptors (Lipinski definition) is 5. The first-order valence-corrected chi connectivity index (χ1v) is 26.6. The first-order valence-electron chi connectivity index (χ1n) is 26.6. The smallest absolute Gasteiger partial charge is 0.306 e. The maximum atomic E-state index is 13.2. The van der Waals surface area contributed by atoms with E-state index in [1.807, 2.05) is 0 Å². The van der Waals surface area contributed by atoms with Crippen LogP contribution in [0, 0.1) is 0 Å². The van der Waals surface area contributed by atoms with E-state index in [4.69, 9.17) is 4.74 Å². The Morgan fingerprint density at radius 1 is 0.467 bits per heavy atom. The Morgan fingerprint density at radius 3 is 1.25 bits per heavy atom. The van der Waals surface area contributed by atoms with Crippen LogP contribution in [0.15, 0.2) is 24.3 Å². The van der Waals surface area contributed by atoms with E-state index >= 15 is 0 Å². The van der Waals surface area contributed by atoms with Gasteiger partial charge in [0.2, 0.25) is 5.91 Å². The lowest BCUT2D eigenvalue weighted by molar-refractivity contribution is -0.151. The number of nitrogens with one attached hydrogen (secondary N) is 1. The van der Waals surface area contributed by atoms with E-state index < -0.39 is 18.2 Å². The third kappa shape index (κ3) is 43.0. The standard InChI is InChI=1S/C54H103NO5/c1-4-7-10-13-16-19-22-24-26-28-29-31-34-37-40-43-46-52(57)51(49-56)55-53(58)48-50(45-42-39-36-33-21-18-15-12-9-6-3)60-54(59)47-44-41-38-35-32-30-27-25-23-20-17-14-11-8-5-2/h18,20-21,23,50-52,56-57H,4-17,19,22,24-49H2,1-3H3,(H,55,58)/b21-18-,23-20-. The Morgan fingerprint density at radius 2 is 0.800 bits per heavy atom. The number of aliphatic hydroxyl groups excluding tert-OH is 2. The summed E-state index contributed by atoms with van der Waals surface area (Å²) in [5.41, 5.74) is 0. The topological polar surface area (TPSA) is 95.9 Å². The van der Waals surface area contributed by atoms with Gasteiger partial charge >= 0.3 is 5.97 Å². The molecule has 60 heavy (non-hydrogen) atoms. The number of aliphatic hydroxyl groups is 2. The summed E-state index contributed by atoms with van der Waals surface area (Å²) in [7, 11) is 0. The molecule has 0 rings (SSSR count). The van der Waals surface area contributed by atoms with Crippen LogP contribution in [0.5, 0.6) is 0 Å². The Balaban J connectivity index is 4.45. The highest BCUT2D eigenvalue weighted by Crippen LogP contribution is 2.18. The van der Waals surface area contributed by atoms with Gasteiger partial charge in [-0.05, 0) is 77.0 Å². The molecule has 0 aromatic rings. The van der Waals surface area contributed by atoms with Gasteiger partial charge in [-0.15, -0.1) is 0 Å². The number of rotatable bonds is 48. The number of amides is 1. The zero-order valence-corrected chi connectivity index (χ0v) is 40.4. The first-order chi connectivity index (χ1) is 29.5. The van der Waals surface area contributed by atoms with Crippen molar-refractivity contribution < 1.29 is 24.5 Å². The highest BCUT2D eigenvalue weighted by atomic mass is 16.5. The van der Waals surface area contributed by atoms with Gasteiger partial charge in [-0.3, -0.25) is 9.59 Å². The average Bonchev–Trinajstić information content (AvgIpc) is 3.24. The summed E-state index contributed by atoms with van der Waals surface area (Å²) in [5.74, 6) is -0.484. The molecule has 0 aliphatic carbocycles. The molecule has 3 unspecified atom stereocenters. The Hall–Kier alpha value is -1.66. The van der Waals surface area contributed by atoms with Gasteiger partial charge in [0, 0.05) is 6.42 Å². The van der Waals surface area contributed by atoms with E-state index in [1.54, 1.807) is 0 Å². The van der Waals surface area contributed by atoms with Crippen LogP contribution < -0.4 is 5.32 Å². The summed E-state index contributed by atoms with van der Waals surface area (Å²) >= 11 is 0. The lowest BCUT2D eigenvalue weighted by Crippen LogP contribution is -2.46. The fourth-order valence-corrected chi connectivity index (χ4v) is 8.19. The summed E-state index contributed by atoms with van der Waals surface area (Å²) < 4.78 is 5.92. The molecule has 3 atom stereocenters. The number of hydrogen-bond donors (Lipinski definition) is 3. The van der Waals surface area contributed by atoms with Crippen molar-refractivity contribution in [1.82, 2.24) is 5.32 Å². The molecule has 0 spiro atoms. The minimum atomic E-state index is -0.788. The Labute approximate surface area is 373 Å². The van der Waals surface area contributed by atoms with Crippen LogP contribution >= 0.6 is 0 Å². The summed E-state index contributed by atoms with van der Waals surface area (Å²) in [5, 5.41) is 23.8. The Bertz CT molecular complexity index is 950. The molecule has 0 bridgehead atoms. The average molecular weight is 846 g/mol. The van der Waals surface area contributed by atoms with E-state index in [2.05, 4.69) is 50.4 Å². The van der Waals surface area contributed by atoms with Crippen LogP contribution in [-0.4, -0.2) is 46.9 Å². The predicted octanol–water partition coefficient (Wildman–Crippen LogP) is 15.9. The maximum Gasteiger partial charge on any atom is 0.306 e. The lowest BCUT2D eigenvalue weighted by Gasteiger charge is -2.24. The molecule has 6 nitrogen and oxygen atoms in total. The van der Waals surface area contributed by atoms with Crippen molar-refractivity contribution in [3.05, 3.63) is 24.3 Å². The molecule has 0 saturated heterocycles. The quantitative estimate of drug-likeness (QED) is 0.0322. The zero-order chi connectivity index (χ0) is 43.8. The minimum absolute atomic E-state index is 0.0688. The fraction of sp³-hybridized carbons (Fsp3) is 0.889. The van der Waals surface area contributed by atoms with Crippen molar-refractivity contribution in [2.24, 2.45) is 0 Å². The fourth-order valence-electron chi connectivity index (χ4n) is 8.19. The first kappa shape index (κ1) is 58.3. The maximum absolute atomic E-state index is 13.2. The highest BCUT2D eigenvalue weighted by molar-refractivity contribution is 5.77. The van der Waals surface area contributed by atoms with Crippen molar-refractivity contribution in [2.75, 3.05) is 6.61 Å². The number of ether oxygens (including phenoxy) is 1. The molecule has 354 valence electrons. The molecule has 0 aromatic heterocycles. The number of carbonyl (C=O) groups excluding carboxylic acids is 2. The molecule has 0 saturated carbocycles. The van der Waals surface area contributed by atoms with Crippen molar-refractivity contribution in [3.8, 4) is 0 Å². The number of carbonyl (C=O) groups is 2. The summed E-state index contributed by atoms with van der Waals surface area (Å²) in [4.78, 5) is 26.1. The molecule has 0 fully saturated rings. The summed E-state index contributed by atoms with van der Waals surface area (Å²) in [6.07, 6.45) is 55.3. The van der Waals surface area contributed by atoms with Gasteiger partial charge in [0.15, 0.2) is 0 Å². The molecule has 0 radical (unpaired) electrons. The van der Waals surface area contributed by atoms with Crippen molar-refractivity contribution in [2.45, 2.75) is 302 Å². The van der Waals surface area contributed by atoms with E-state index in [1.165, 1.54) is 173 Å². The van der Waals surface area contributed by atoms with Crippen molar-refractivity contribution >= 4 is 11.9 Å². The number of esters is 1. The van der Waals surface area contributed by atoms with Gasteiger partial charge in [0.05, 0.1) is 25.2 Å². The third-order valence-corrected chi connectivity index (χ3v) is 12.3. The monoisotopic (exact) mass is 846 g/mol. The normalized spacial score (nSPS) is 13.3. The SMILES string of the molecule is CCCCC/C=C\CCCCCC(CC(=O)NC(CO)C(O)CCCCCCCCCCCCCCCCCC)OC(=O)CCCCCCCCC/C=C\CCCCCC. The summed E-state index contributed by atoms with van der Waals surface area (Å²) in [6.45, 7) is 6.46. The predicted molar refractivity (Wildman–Crippen MR) is 260 cm³/mol. The van der Waals surface area contributed by atoms with Crippen molar-refractivity contribution in [3.63, 3.8) is 0 Å². The molecule has 1 amide bonds.